The smallest absolute Gasteiger partial charge is 0.244 e. The average Bonchev–Trinajstić information content (AvgIpc) is 2.52. The highest BCUT2D eigenvalue weighted by Gasteiger charge is 2.20. The van der Waals surface area contributed by atoms with Gasteiger partial charge in [0.2, 0.25) is 5.28 Å². The molecule has 1 fully saturated rings. The minimum Gasteiger partial charge on any atom is -0.355 e. The summed E-state index contributed by atoms with van der Waals surface area (Å²) in [6, 6.07) is 0. The van der Waals surface area contributed by atoms with Gasteiger partial charge in [0.1, 0.15) is 0 Å². The second-order valence-electron chi connectivity index (χ2n) is 3.42. The summed E-state index contributed by atoms with van der Waals surface area (Å²) >= 11 is 5.65. The Morgan fingerprint density at radius 2 is 2.46 bits per heavy atom. The normalized spacial score (nSPS) is 22.3. The quantitative estimate of drug-likeness (QED) is 0.684. The maximum Gasteiger partial charge on any atom is 0.244 e. The van der Waals surface area contributed by atoms with E-state index in [0.29, 0.717) is 0 Å². The van der Waals surface area contributed by atoms with Gasteiger partial charge in [0.25, 0.3) is 0 Å². The van der Waals surface area contributed by atoms with Crippen molar-refractivity contribution in [2.75, 3.05) is 18.0 Å². The van der Waals surface area contributed by atoms with E-state index >= 15 is 0 Å². The van der Waals surface area contributed by atoms with Crippen molar-refractivity contribution in [2.45, 2.75) is 13.3 Å². The molecule has 1 saturated heterocycles. The van der Waals surface area contributed by atoms with Gasteiger partial charge in [0, 0.05) is 13.1 Å². The Balaban J connectivity index is 2.16. The zero-order chi connectivity index (χ0) is 9.26. The molecule has 0 radical (unpaired) electrons. The zero-order valence-electron chi connectivity index (χ0n) is 7.44. The standard InChI is InChI=1S/C8H11ClN4/c1-6-2-3-13(5-6)7-4-10-12-8(9)11-7/h4,6H,2-3,5H2,1H3. The van der Waals surface area contributed by atoms with Crippen LogP contribution in [-0.2, 0) is 0 Å². The third kappa shape index (κ3) is 1.88. The molecule has 0 spiro atoms. The zero-order valence-corrected chi connectivity index (χ0v) is 8.20. The fourth-order valence-electron chi connectivity index (χ4n) is 1.57. The van der Waals surface area contributed by atoms with Crippen LogP contribution in [0.5, 0.6) is 0 Å². The number of nitrogens with zero attached hydrogens (tertiary/aromatic N) is 4. The van der Waals surface area contributed by atoms with E-state index in [0.717, 1.165) is 24.8 Å². The highest BCUT2D eigenvalue weighted by atomic mass is 35.5. The lowest BCUT2D eigenvalue weighted by Crippen LogP contribution is -2.20. The summed E-state index contributed by atoms with van der Waals surface area (Å²) in [5.74, 6) is 1.57. The molecule has 0 aliphatic carbocycles. The number of aromatic nitrogens is 3. The van der Waals surface area contributed by atoms with E-state index in [1.165, 1.54) is 6.42 Å². The minimum atomic E-state index is 0.219. The molecule has 13 heavy (non-hydrogen) atoms. The number of hydrogen-bond donors (Lipinski definition) is 0. The SMILES string of the molecule is CC1CCN(c2cnnc(Cl)n2)C1. The number of halogens is 1. The Labute approximate surface area is 81.9 Å². The van der Waals surface area contributed by atoms with E-state index in [2.05, 4.69) is 27.0 Å². The lowest BCUT2D eigenvalue weighted by Gasteiger charge is -2.15. The van der Waals surface area contributed by atoms with Crippen LogP contribution < -0.4 is 4.90 Å². The van der Waals surface area contributed by atoms with Gasteiger partial charge in [-0.25, -0.2) is 0 Å². The molecule has 0 aromatic carbocycles. The van der Waals surface area contributed by atoms with Crippen LogP contribution >= 0.6 is 11.6 Å². The second-order valence-corrected chi connectivity index (χ2v) is 3.76. The Hall–Kier alpha value is -0.900. The molecule has 1 aliphatic heterocycles. The van der Waals surface area contributed by atoms with Crippen molar-refractivity contribution in [2.24, 2.45) is 5.92 Å². The van der Waals surface area contributed by atoms with Crippen LogP contribution in [0.4, 0.5) is 5.82 Å². The molecule has 1 aromatic rings. The van der Waals surface area contributed by atoms with E-state index in [4.69, 9.17) is 11.6 Å². The van der Waals surface area contributed by atoms with Crippen molar-refractivity contribution in [1.29, 1.82) is 0 Å². The highest BCUT2D eigenvalue weighted by molar-refractivity contribution is 6.28. The Morgan fingerprint density at radius 3 is 3.08 bits per heavy atom. The predicted molar refractivity (Wildman–Crippen MR) is 50.8 cm³/mol. The largest absolute Gasteiger partial charge is 0.355 e. The van der Waals surface area contributed by atoms with Crippen molar-refractivity contribution < 1.29 is 0 Å². The summed E-state index contributed by atoms with van der Waals surface area (Å²) in [4.78, 5) is 6.29. The number of hydrogen-bond acceptors (Lipinski definition) is 4. The lowest BCUT2D eigenvalue weighted by molar-refractivity contribution is 0.658. The van der Waals surface area contributed by atoms with Crippen LogP contribution in [0, 0.1) is 5.92 Å². The molecule has 1 aliphatic rings. The fourth-order valence-corrected chi connectivity index (χ4v) is 1.70. The Kier molecular flexibility index (Phi) is 2.31. The van der Waals surface area contributed by atoms with Gasteiger partial charge in [-0.15, -0.1) is 5.10 Å². The first-order chi connectivity index (χ1) is 6.25. The third-order valence-electron chi connectivity index (χ3n) is 2.27. The summed E-state index contributed by atoms with van der Waals surface area (Å²) < 4.78 is 0. The fraction of sp³-hybridized carbons (Fsp3) is 0.625. The van der Waals surface area contributed by atoms with Gasteiger partial charge >= 0.3 is 0 Å². The molecule has 70 valence electrons. The third-order valence-corrected chi connectivity index (χ3v) is 2.43. The molecular formula is C8H11ClN4. The van der Waals surface area contributed by atoms with Gasteiger partial charge < -0.3 is 4.90 Å². The van der Waals surface area contributed by atoms with Crippen LogP contribution in [0.3, 0.4) is 0 Å². The van der Waals surface area contributed by atoms with Crippen molar-refractivity contribution in [3.63, 3.8) is 0 Å². The Bertz CT molecular complexity index is 304. The van der Waals surface area contributed by atoms with Crippen molar-refractivity contribution in [3.8, 4) is 0 Å². The first-order valence-corrected chi connectivity index (χ1v) is 4.73. The molecule has 2 heterocycles. The first-order valence-electron chi connectivity index (χ1n) is 4.36. The molecule has 1 unspecified atom stereocenters. The highest BCUT2D eigenvalue weighted by Crippen LogP contribution is 2.20. The van der Waals surface area contributed by atoms with Crippen LogP contribution in [0.2, 0.25) is 5.28 Å². The second kappa shape index (κ2) is 3.46. The molecular weight excluding hydrogens is 188 g/mol. The topological polar surface area (TPSA) is 41.9 Å². The lowest BCUT2D eigenvalue weighted by atomic mass is 10.2. The Morgan fingerprint density at radius 1 is 1.62 bits per heavy atom. The molecule has 4 nitrogen and oxygen atoms in total. The monoisotopic (exact) mass is 198 g/mol. The van der Waals surface area contributed by atoms with Crippen LogP contribution in [0.15, 0.2) is 6.20 Å². The van der Waals surface area contributed by atoms with Gasteiger partial charge in [-0.2, -0.15) is 10.1 Å². The molecule has 0 N–H and O–H groups in total. The predicted octanol–water partition coefficient (Wildman–Crippen LogP) is 1.37. The molecule has 0 amide bonds. The van der Waals surface area contributed by atoms with E-state index in [1.807, 2.05) is 0 Å². The van der Waals surface area contributed by atoms with E-state index in [9.17, 15) is 0 Å². The first kappa shape index (κ1) is 8.69. The summed E-state index contributed by atoms with van der Waals surface area (Å²) in [5, 5.41) is 7.60. The summed E-state index contributed by atoms with van der Waals surface area (Å²) in [6.07, 6.45) is 2.87. The van der Waals surface area contributed by atoms with Gasteiger partial charge in [-0.3, -0.25) is 0 Å². The summed E-state index contributed by atoms with van der Waals surface area (Å²) in [7, 11) is 0. The molecule has 5 heteroatoms. The van der Waals surface area contributed by atoms with Crippen molar-refractivity contribution in [3.05, 3.63) is 11.5 Å². The molecule has 1 atom stereocenters. The summed E-state index contributed by atoms with van der Waals surface area (Å²) in [6.45, 7) is 4.31. The van der Waals surface area contributed by atoms with Crippen LogP contribution in [-0.4, -0.2) is 28.3 Å². The van der Waals surface area contributed by atoms with Crippen molar-refractivity contribution >= 4 is 17.4 Å². The minimum absolute atomic E-state index is 0.219. The van der Waals surface area contributed by atoms with Crippen LogP contribution in [0.25, 0.3) is 0 Å². The van der Waals surface area contributed by atoms with E-state index in [1.54, 1.807) is 6.20 Å². The maximum absolute atomic E-state index is 5.65. The van der Waals surface area contributed by atoms with Gasteiger partial charge in [0.15, 0.2) is 5.82 Å². The molecule has 0 saturated carbocycles. The summed E-state index contributed by atoms with van der Waals surface area (Å²) in [5.41, 5.74) is 0. The average molecular weight is 199 g/mol. The molecule has 1 aromatic heterocycles. The van der Waals surface area contributed by atoms with E-state index in [-0.39, 0.29) is 5.28 Å². The number of anilines is 1. The van der Waals surface area contributed by atoms with Gasteiger partial charge in [0.05, 0.1) is 6.20 Å². The van der Waals surface area contributed by atoms with Gasteiger partial charge in [-0.05, 0) is 23.9 Å². The number of rotatable bonds is 1. The van der Waals surface area contributed by atoms with Crippen LogP contribution in [0.1, 0.15) is 13.3 Å². The molecule has 0 bridgehead atoms. The maximum atomic E-state index is 5.65. The van der Waals surface area contributed by atoms with E-state index < -0.39 is 0 Å². The van der Waals surface area contributed by atoms with Gasteiger partial charge in [-0.1, -0.05) is 6.92 Å². The molecule has 2 rings (SSSR count). The van der Waals surface area contributed by atoms with Crippen molar-refractivity contribution in [1.82, 2.24) is 15.2 Å².